The molecule has 0 amide bonds. The fraction of sp³-hybridized carbons (Fsp3) is 0.571. The first kappa shape index (κ1) is 13.2. The Morgan fingerprint density at radius 2 is 2.11 bits per heavy atom. The van der Waals surface area contributed by atoms with Gasteiger partial charge >= 0.3 is 0 Å². The third-order valence-electron chi connectivity index (χ3n) is 3.61. The van der Waals surface area contributed by atoms with E-state index >= 15 is 0 Å². The van der Waals surface area contributed by atoms with Gasteiger partial charge in [0.25, 0.3) is 0 Å². The van der Waals surface area contributed by atoms with E-state index in [4.69, 9.17) is 15.2 Å². The highest BCUT2D eigenvalue weighted by Crippen LogP contribution is 2.25. The molecule has 18 heavy (non-hydrogen) atoms. The van der Waals surface area contributed by atoms with Crippen LogP contribution >= 0.6 is 0 Å². The standard InChI is InChI=1S/C14H22N2O2/c1-17-11-6-7-14(18-2)10(8-11)9-16-13-5-3-4-12(13)15/h6-8,12-13,16H,3-5,9,15H2,1-2H3. The van der Waals surface area contributed by atoms with Gasteiger partial charge in [-0.25, -0.2) is 0 Å². The highest BCUT2D eigenvalue weighted by atomic mass is 16.5. The van der Waals surface area contributed by atoms with Gasteiger partial charge in [-0.1, -0.05) is 6.42 Å². The highest BCUT2D eigenvalue weighted by molar-refractivity contribution is 5.40. The second-order valence-electron chi connectivity index (χ2n) is 4.76. The van der Waals surface area contributed by atoms with Crippen molar-refractivity contribution in [2.75, 3.05) is 14.2 Å². The van der Waals surface area contributed by atoms with Gasteiger partial charge < -0.3 is 20.5 Å². The lowest BCUT2D eigenvalue weighted by Crippen LogP contribution is -2.40. The van der Waals surface area contributed by atoms with Crippen molar-refractivity contribution in [2.45, 2.75) is 37.9 Å². The predicted octanol–water partition coefficient (Wildman–Crippen LogP) is 1.67. The summed E-state index contributed by atoms with van der Waals surface area (Å²) in [6.45, 7) is 0.763. The molecule has 4 nitrogen and oxygen atoms in total. The molecule has 1 saturated carbocycles. The van der Waals surface area contributed by atoms with Gasteiger partial charge in [-0.3, -0.25) is 0 Å². The topological polar surface area (TPSA) is 56.5 Å². The average Bonchev–Trinajstić information content (AvgIpc) is 2.81. The van der Waals surface area contributed by atoms with Crippen LogP contribution in [0.4, 0.5) is 0 Å². The van der Waals surface area contributed by atoms with Gasteiger partial charge in [0.15, 0.2) is 0 Å². The maximum atomic E-state index is 6.05. The second-order valence-corrected chi connectivity index (χ2v) is 4.76. The van der Waals surface area contributed by atoms with E-state index in [0.717, 1.165) is 36.4 Å². The molecular weight excluding hydrogens is 228 g/mol. The van der Waals surface area contributed by atoms with Gasteiger partial charge in [-0.15, -0.1) is 0 Å². The number of benzene rings is 1. The lowest BCUT2D eigenvalue weighted by atomic mass is 10.1. The Morgan fingerprint density at radius 1 is 1.28 bits per heavy atom. The molecule has 1 aliphatic rings. The molecule has 4 heteroatoms. The van der Waals surface area contributed by atoms with Crippen molar-refractivity contribution in [1.82, 2.24) is 5.32 Å². The Kier molecular flexibility index (Phi) is 4.44. The first-order valence-electron chi connectivity index (χ1n) is 6.44. The summed E-state index contributed by atoms with van der Waals surface area (Å²) in [5, 5.41) is 3.51. The number of ether oxygens (including phenoxy) is 2. The van der Waals surface area contributed by atoms with Crippen molar-refractivity contribution in [3.8, 4) is 11.5 Å². The Labute approximate surface area is 108 Å². The van der Waals surface area contributed by atoms with Crippen molar-refractivity contribution in [2.24, 2.45) is 5.73 Å². The zero-order valence-electron chi connectivity index (χ0n) is 11.1. The van der Waals surface area contributed by atoms with Gasteiger partial charge in [-0.2, -0.15) is 0 Å². The Balaban J connectivity index is 2.02. The quantitative estimate of drug-likeness (QED) is 0.834. The summed E-state index contributed by atoms with van der Waals surface area (Å²) in [5.41, 5.74) is 7.16. The van der Waals surface area contributed by atoms with Crippen molar-refractivity contribution < 1.29 is 9.47 Å². The summed E-state index contributed by atoms with van der Waals surface area (Å²) < 4.78 is 10.6. The van der Waals surface area contributed by atoms with Gasteiger partial charge in [0.2, 0.25) is 0 Å². The first-order valence-corrected chi connectivity index (χ1v) is 6.44. The van der Waals surface area contributed by atoms with Crippen LogP contribution in [0.2, 0.25) is 0 Å². The fourth-order valence-electron chi connectivity index (χ4n) is 2.50. The monoisotopic (exact) mass is 250 g/mol. The van der Waals surface area contributed by atoms with Crippen LogP contribution < -0.4 is 20.5 Å². The van der Waals surface area contributed by atoms with Crippen molar-refractivity contribution in [3.63, 3.8) is 0 Å². The van der Waals surface area contributed by atoms with E-state index in [1.54, 1.807) is 14.2 Å². The second kappa shape index (κ2) is 6.07. The van der Waals surface area contributed by atoms with Crippen molar-refractivity contribution in [1.29, 1.82) is 0 Å². The molecule has 2 atom stereocenters. The van der Waals surface area contributed by atoms with Crippen LogP contribution in [0.15, 0.2) is 18.2 Å². The maximum absolute atomic E-state index is 6.05. The third-order valence-corrected chi connectivity index (χ3v) is 3.61. The molecule has 0 aromatic heterocycles. The predicted molar refractivity (Wildman–Crippen MR) is 72.0 cm³/mol. The molecule has 0 radical (unpaired) electrons. The molecule has 0 heterocycles. The van der Waals surface area contributed by atoms with E-state index in [1.165, 1.54) is 6.42 Å². The smallest absolute Gasteiger partial charge is 0.123 e. The minimum Gasteiger partial charge on any atom is -0.497 e. The molecule has 0 bridgehead atoms. The van der Waals surface area contributed by atoms with Gasteiger partial charge in [-0.05, 0) is 31.0 Å². The molecule has 2 rings (SSSR count). The van der Waals surface area contributed by atoms with E-state index < -0.39 is 0 Å². The number of methoxy groups -OCH3 is 2. The normalized spacial score (nSPS) is 23.1. The van der Waals surface area contributed by atoms with Gasteiger partial charge in [0.05, 0.1) is 14.2 Å². The summed E-state index contributed by atoms with van der Waals surface area (Å²) in [6, 6.07) is 6.54. The average molecular weight is 250 g/mol. The summed E-state index contributed by atoms with van der Waals surface area (Å²) in [7, 11) is 3.36. The molecule has 2 unspecified atom stereocenters. The number of hydrogen-bond donors (Lipinski definition) is 2. The Morgan fingerprint density at radius 3 is 2.72 bits per heavy atom. The first-order chi connectivity index (χ1) is 8.74. The van der Waals surface area contributed by atoms with E-state index in [0.29, 0.717) is 6.04 Å². The maximum Gasteiger partial charge on any atom is 0.123 e. The molecule has 0 aliphatic heterocycles. The summed E-state index contributed by atoms with van der Waals surface area (Å²) in [6.07, 6.45) is 3.49. The molecule has 1 fully saturated rings. The minimum atomic E-state index is 0.279. The largest absolute Gasteiger partial charge is 0.497 e. The van der Waals surface area contributed by atoms with Gasteiger partial charge in [0.1, 0.15) is 11.5 Å². The van der Waals surface area contributed by atoms with Crippen LogP contribution in [0.25, 0.3) is 0 Å². The fourth-order valence-corrected chi connectivity index (χ4v) is 2.50. The molecule has 3 N–H and O–H groups in total. The number of rotatable bonds is 5. The van der Waals surface area contributed by atoms with Crippen LogP contribution in [0.5, 0.6) is 11.5 Å². The van der Waals surface area contributed by atoms with E-state index in [2.05, 4.69) is 5.32 Å². The summed E-state index contributed by atoms with van der Waals surface area (Å²) >= 11 is 0. The number of nitrogens with two attached hydrogens (primary N) is 1. The molecular formula is C14H22N2O2. The summed E-state index contributed by atoms with van der Waals surface area (Å²) in [5.74, 6) is 1.73. The molecule has 1 aliphatic carbocycles. The van der Waals surface area contributed by atoms with Crippen LogP contribution in [-0.2, 0) is 6.54 Å². The molecule has 0 saturated heterocycles. The molecule has 1 aromatic carbocycles. The Bertz CT molecular complexity index is 395. The van der Waals surface area contributed by atoms with Gasteiger partial charge in [0, 0.05) is 24.2 Å². The summed E-state index contributed by atoms with van der Waals surface area (Å²) in [4.78, 5) is 0. The van der Waals surface area contributed by atoms with E-state index in [1.807, 2.05) is 18.2 Å². The highest BCUT2D eigenvalue weighted by Gasteiger charge is 2.23. The van der Waals surface area contributed by atoms with Crippen molar-refractivity contribution in [3.05, 3.63) is 23.8 Å². The number of nitrogens with one attached hydrogen (secondary N) is 1. The van der Waals surface area contributed by atoms with E-state index in [9.17, 15) is 0 Å². The van der Waals surface area contributed by atoms with Crippen molar-refractivity contribution >= 4 is 0 Å². The molecule has 100 valence electrons. The molecule has 1 aromatic rings. The zero-order chi connectivity index (χ0) is 13.0. The van der Waals surface area contributed by atoms with E-state index in [-0.39, 0.29) is 6.04 Å². The van der Waals surface area contributed by atoms with Crippen LogP contribution in [-0.4, -0.2) is 26.3 Å². The van der Waals surface area contributed by atoms with Crippen LogP contribution in [0.1, 0.15) is 24.8 Å². The SMILES string of the molecule is COc1ccc(OC)c(CNC2CCCC2N)c1. The number of hydrogen-bond acceptors (Lipinski definition) is 4. The lowest BCUT2D eigenvalue weighted by molar-refractivity contribution is 0.393. The minimum absolute atomic E-state index is 0.279. The van der Waals surface area contributed by atoms with Crippen LogP contribution in [0.3, 0.4) is 0 Å². The Hall–Kier alpha value is -1.26. The lowest BCUT2D eigenvalue weighted by Gasteiger charge is -2.18. The van der Waals surface area contributed by atoms with Crippen LogP contribution in [0, 0.1) is 0 Å². The zero-order valence-corrected chi connectivity index (χ0v) is 11.1. The molecule has 0 spiro atoms. The third kappa shape index (κ3) is 2.94.